The number of carboxylic acids is 1. The number of imide groups is 1. The maximum atomic E-state index is 13.8. The number of aliphatic imine (C=N–C) groups is 1. The summed E-state index contributed by atoms with van der Waals surface area (Å²) in [5.74, 6) is -1.77. The molecule has 2 atom stereocenters. The zero-order chi connectivity index (χ0) is 29.4. The number of nitrogen functional groups attached to an aromatic ring is 1. The lowest BCUT2D eigenvalue weighted by atomic mass is 9.89. The van der Waals surface area contributed by atoms with E-state index in [0.717, 1.165) is 17.5 Å². The SMILES string of the molecule is CCC[C@@H](CC(=O)N1CC(NOC(C)C)=NCC(Cc2cc(Cl)ccc2OC)C1=O)c1ccc(C(=O)O)c(N)c1. The quantitative estimate of drug-likeness (QED) is 0.264. The van der Waals surface area contributed by atoms with E-state index in [2.05, 4.69) is 10.5 Å². The van der Waals surface area contributed by atoms with Gasteiger partial charge >= 0.3 is 5.97 Å². The average Bonchev–Trinajstić information content (AvgIpc) is 3.05. The highest BCUT2D eigenvalue weighted by Crippen LogP contribution is 2.30. The normalized spacial score (nSPS) is 16.4. The highest BCUT2D eigenvalue weighted by Gasteiger charge is 2.34. The number of ether oxygens (including phenoxy) is 1. The summed E-state index contributed by atoms with van der Waals surface area (Å²) in [7, 11) is 1.55. The lowest BCUT2D eigenvalue weighted by Crippen LogP contribution is -2.46. The number of aromatic carboxylic acids is 1. The van der Waals surface area contributed by atoms with E-state index in [-0.39, 0.29) is 61.0 Å². The summed E-state index contributed by atoms with van der Waals surface area (Å²) in [5, 5.41) is 9.84. The zero-order valence-corrected chi connectivity index (χ0v) is 24.0. The van der Waals surface area contributed by atoms with Crippen molar-refractivity contribution in [1.29, 1.82) is 0 Å². The van der Waals surface area contributed by atoms with Gasteiger partial charge in [-0.3, -0.25) is 29.8 Å². The monoisotopic (exact) mass is 572 g/mol. The summed E-state index contributed by atoms with van der Waals surface area (Å²) >= 11 is 6.22. The van der Waals surface area contributed by atoms with Crippen molar-refractivity contribution in [3.8, 4) is 5.75 Å². The molecule has 0 fully saturated rings. The van der Waals surface area contributed by atoms with Crippen LogP contribution in [0.1, 0.15) is 67.4 Å². The number of hydrogen-bond donors (Lipinski definition) is 3. The fraction of sp³-hybridized carbons (Fsp3) is 0.448. The van der Waals surface area contributed by atoms with Crippen LogP contribution in [-0.4, -0.2) is 59.9 Å². The molecule has 4 N–H and O–H groups in total. The molecule has 2 amide bonds. The van der Waals surface area contributed by atoms with Crippen molar-refractivity contribution in [1.82, 2.24) is 10.4 Å². The first-order chi connectivity index (χ1) is 19.0. The molecule has 1 unspecified atom stereocenters. The van der Waals surface area contributed by atoms with Crippen molar-refractivity contribution in [2.75, 3.05) is 25.9 Å². The van der Waals surface area contributed by atoms with Crippen LogP contribution in [0, 0.1) is 5.92 Å². The number of anilines is 1. The Balaban J connectivity index is 1.90. The third kappa shape index (κ3) is 7.95. The van der Waals surface area contributed by atoms with Crippen molar-refractivity contribution in [2.24, 2.45) is 10.9 Å². The Labute approximate surface area is 239 Å². The number of nitrogens with one attached hydrogen (secondary N) is 1. The van der Waals surface area contributed by atoms with E-state index in [1.807, 2.05) is 20.8 Å². The Bertz CT molecular complexity index is 1270. The van der Waals surface area contributed by atoms with E-state index in [1.165, 1.54) is 11.0 Å². The Morgan fingerprint density at radius 1 is 1.25 bits per heavy atom. The fourth-order valence-corrected chi connectivity index (χ4v) is 4.86. The number of carbonyl (C=O) groups is 3. The summed E-state index contributed by atoms with van der Waals surface area (Å²) in [6.07, 6.45) is 1.60. The summed E-state index contributed by atoms with van der Waals surface area (Å²) in [5.41, 5.74) is 10.4. The second-order valence-corrected chi connectivity index (χ2v) is 10.5. The van der Waals surface area contributed by atoms with Gasteiger partial charge in [0.1, 0.15) is 11.6 Å². The van der Waals surface area contributed by atoms with E-state index >= 15 is 0 Å². The highest BCUT2D eigenvalue weighted by atomic mass is 35.5. The van der Waals surface area contributed by atoms with Crippen LogP contribution in [0.4, 0.5) is 5.69 Å². The van der Waals surface area contributed by atoms with E-state index in [4.69, 9.17) is 26.9 Å². The predicted octanol–water partition coefficient (Wildman–Crippen LogP) is 4.46. The first-order valence-electron chi connectivity index (χ1n) is 13.3. The van der Waals surface area contributed by atoms with Gasteiger partial charge < -0.3 is 15.6 Å². The van der Waals surface area contributed by atoms with Gasteiger partial charge in [0.2, 0.25) is 11.8 Å². The molecule has 1 aliphatic rings. The minimum Gasteiger partial charge on any atom is -0.496 e. The highest BCUT2D eigenvalue weighted by molar-refractivity contribution is 6.30. The van der Waals surface area contributed by atoms with Crippen molar-refractivity contribution >= 4 is 40.9 Å². The second kappa shape index (κ2) is 14.1. The molecule has 1 aliphatic heterocycles. The van der Waals surface area contributed by atoms with Gasteiger partial charge in [-0.25, -0.2) is 4.79 Å². The van der Waals surface area contributed by atoms with Gasteiger partial charge in [-0.15, -0.1) is 0 Å². The summed E-state index contributed by atoms with van der Waals surface area (Å²) in [4.78, 5) is 50.3. The molecule has 11 heteroatoms. The van der Waals surface area contributed by atoms with Crippen molar-refractivity contribution < 1.29 is 29.1 Å². The van der Waals surface area contributed by atoms with Gasteiger partial charge in [0.15, 0.2) is 0 Å². The van der Waals surface area contributed by atoms with Crippen molar-refractivity contribution in [3.63, 3.8) is 0 Å². The Hall–Kier alpha value is -3.63. The standard InChI is InChI=1S/C29H37ClN4O6/c1-5-6-18(19-7-9-23(29(37)38)24(31)13-19)14-27(35)34-16-26(33-40-17(2)3)32-15-21(28(34)36)11-20-12-22(30)8-10-25(20)39-4/h7-10,12-13,17-18,21H,5-6,11,14-16,31H2,1-4H3,(H,32,33)(H,37,38)/t18-,21?/m0/s1. The van der Waals surface area contributed by atoms with Gasteiger partial charge in [0.25, 0.3) is 0 Å². The van der Waals surface area contributed by atoms with E-state index in [0.29, 0.717) is 23.0 Å². The minimum absolute atomic E-state index is 0.00406. The Morgan fingerprint density at radius 3 is 2.62 bits per heavy atom. The zero-order valence-electron chi connectivity index (χ0n) is 23.3. The van der Waals surface area contributed by atoms with Crippen molar-refractivity contribution in [2.45, 2.75) is 58.5 Å². The number of rotatable bonds is 11. The lowest BCUT2D eigenvalue weighted by Gasteiger charge is -2.26. The molecule has 2 aromatic carbocycles. The number of methoxy groups -OCH3 is 1. The average molecular weight is 573 g/mol. The molecular weight excluding hydrogens is 536 g/mol. The summed E-state index contributed by atoms with van der Waals surface area (Å²) < 4.78 is 5.46. The number of nitrogens with two attached hydrogens (primary N) is 1. The van der Waals surface area contributed by atoms with Gasteiger partial charge in [-0.1, -0.05) is 31.0 Å². The van der Waals surface area contributed by atoms with Crippen LogP contribution in [0.3, 0.4) is 0 Å². The molecule has 0 bridgehead atoms. The molecule has 3 rings (SSSR count). The topological polar surface area (TPSA) is 144 Å². The summed E-state index contributed by atoms with van der Waals surface area (Å²) in [6.45, 7) is 5.78. The van der Waals surface area contributed by atoms with Gasteiger partial charge in [0.05, 0.1) is 37.8 Å². The number of carbonyl (C=O) groups excluding carboxylic acids is 2. The maximum absolute atomic E-state index is 13.8. The number of nitrogens with zero attached hydrogens (tertiary/aromatic N) is 2. The van der Waals surface area contributed by atoms with Gasteiger partial charge in [0, 0.05) is 17.1 Å². The van der Waals surface area contributed by atoms with Crippen molar-refractivity contribution in [3.05, 3.63) is 58.1 Å². The molecule has 0 saturated heterocycles. The van der Waals surface area contributed by atoms with E-state index < -0.39 is 11.9 Å². The number of hydroxylamine groups is 1. The Kier molecular flexibility index (Phi) is 10.9. The van der Waals surface area contributed by atoms with Gasteiger partial charge in [-0.2, -0.15) is 0 Å². The van der Waals surface area contributed by atoms with Gasteiger partial charge in [-0.05, 0) is 74.1 Å². The van der Waals surface area contributed by atoms with Crippen LogP contribution in [0.25, 0.3) is 0 Å². The maximum Gasteiger partial charge on any atom is 0.337 e. The van der Waals surface area contributed by atoms with Crippen LogP contribution in [0.15, 0.2) is 41.4 Å². The Morgan fingerprint density at radius 2 is 2.00 bits per heavy atom. The number of hydrogen-bond acceptors (Lipinski definition) is 8. The van der Waals surface area contributed by atoms with E-state index in [1.54, 1.807) is 37.4 Å². The first kappa shape index (κ1) is 30.9. The number of amidine groups is 1. The third-order valence-electron chi connectivity index (χ3n) is 6.68. The third-order valence-corrected chi connectivity index (χ3v) is 6.92. The molecule has 10 nitrogen and oxygen atoms in total. The van der Waals surface area contributed by atoms with Crippen LogP contribution >= 0.6 is 11.6 Å². The largest absolute Gasteiger partial charge is 0.496 e. The molecule has 0 radical (unpaired) electrons. The minimum atomic E-state index is -1.12. The molecular formula is C29H37ClN4O6. The molecule has 216 valence electrons. The molecule has 1 heterocycles. The summed E-state index contributed by atoms with van der Waals surface area (Å²) in [6, 6.07) is 9.92. The predicted molar refractivity (Wildman–Crippen MR) is 154 cm³/mol. The van der Waals surface area contributed by atoms with Crippen LogP contribution < -0.4 is 16.0 Å². The second-order valence-electron chi connectivity index (χ2n) is 10.1. The van der Waals surface area contributed by atoms with E-state index in [9.17, 15) is 19.5 Å². The molecule has 0 spiro atoms. The fourth-order valence-electron chi connectivity index (χ4n) is 4.67. The molecule has 0 aliphatic carbocycles. The first-order valence-corrected chi connectivity index (χ1v) is 13.7. The number of benzene rings is 2. The lowest BCUT2D eigenvalue weighted by molar-refractivity contribution is -0.146. The van der Waals surface area contributed by atoms with Crippen LogP contribution in [0.5, 0.6) is 5.75 Å². The molecule has 0 aromatic heterocycles. The molecule has 0 saturated carbocycles. The van der Waals surface area contributed by atoms with Crippen LogP contribution in [0.2, 0.25) is 5.02 Å². The number of carboxylic acid groups (broad SMARTS) is 1. The van der Waals surface area contributed by atoms with Crippen LogP contribution in [-0.2, 0) is 20.8 Å². The number of amides is 2. The molecule has 2 aromatic rings. The number of halogens is 1. The molecule has 40 heavy (non-hydrogen) atoms. The smallest absolute Gasteiger partial charge is 0.337 e.